The van der Waals surface area contributed by atoms with Gasteiger partial charge in [-0.1, -0.05) is 25.3 Å². The summed E-state index contributed by atoms with van der Waals surface area (Å²) < 4.78 is 35.5. The third-order valence-corrected chi connectivity index (χ3v) is 6.77. The number of carbonyl (C=O) groups excluding carboxylic acids is 3. The van der Waals surface area contributed by atoms with Gasteiger partial charge in [0.05, 0.1) is 14.2 Å². The lowest BCUT2D eigenvalue weighted by Gasteiger charge is -2.35. The first-order chi connectivity index (χ1) is 18.2. The topological polar surface area (TPSA) is 113 Å². The highest BCUT2D eigenvalue weighted by molar-refractivity contribution is 5.98. The molecule has 206 valence electrons. The number of hydrogen-bond donors (Lipinski definition) is 1. The van der Waals surface area contributed by atoms with Crippen molar-refractivity contribution in [2.24, 2.45) is 5.92 Å². The number of rotatable bonds is 10. The van der Waals surface area contributed by atoms with Gasteiger partial charge >= 0.3 is 11.9 Å². The van der Waals surface area contributed by atoms with Crippen LogP contribution in [0.4, 0.5) is 4.39 Å². The van der Waals surface area contributed by atoms with E-state index in [2.05, 4.69) is 10.3 Å². The van der Waals surface area contributed by atoms with Crippen molar-refractivity contribution in [3.8, 4) is 17.2 Å². The number of esters is 2. The van der Waals surface area contributed by atoms with E-state index in [4.69, 9.17) is 18.9 Å². The van der Waals surface area contributed by atoms with Gasteiger partial charge in [0.2, 0.25) is 5.75 Å². The summed E-state index contributed by atoms with van der Waals surface area (Å²) in [4.78, 5) is 41.6. The number of nitrogens with zero attached hydrogens (tertiary/aromatic N) is 1. The van der Waals surface area contributed by atoms with Gasteiger partial charge in [0.25, 0.3) is 5.91 Å². The summed E-state index contributed by atoms with van der Waals surface area (Å²) in [7, 11) is 2.85. The monoisotopic (exact) mass is 530 g/mol. The maximum atomic E-state index is 13.9. The molecule has 1 N–H and O–H groups in total. The van der Waals surface area contributed by atoms with E-state index in [1.165, 1.54) is 52.5 Å². The lowest BCUT2D eigenvalue weighted by molar-refractivity contribution is -0.152. The number of methoxy groups -OCH3 is 2. The third kappa shape index (κ3) is 6.99. The summed E-state index contributed by atoms with van der Waals surface area (Å²) in [5.41, 5.74) is 0.577. The molecule has 1 amide bonds. The Bertz CT molecular complexity index is 1150. The van der Waals surface area contributed by atoms with Crippen molar-refractivity contribution in [2.75, 3.05) is 14.2 Å². The number of benzene rings is 1. The summed E-state index contributed by atoms with van der Waals surface area (Å²) in [5.74, 6) is -2.03. The highest BCUT2D eigenvalue weighted by Crippen LogP contribution is 2.42. The molecular weight excluding hydrogens is 495 g/mol. The first-order valence-electron chi connectivity index (χ1n) is 12.7. The van der Waals surface area contributed by atoms with Crippen LogP contribution in [0.15, 0.2) is 30.5 Å². The third-order valence-electron chi connectivity index (χ3n) is 6.77. The fourth-order valence-corrected chi connectivity index (χ4v) is 5.02. The summed E-state index contributed by atoms with van der Waals surface area (Å²) in [6.45, 7) is 4.48. The summed E-state index contributed by atoms with van der Waals surface area (Å²) in [5, 5.41) is 2.56. The molecule has 0 aliphatic heterocycles. The Morgan fingerprint density at radius 1 is 1.03 bits per heavy atom. The number of ether oxygens (including phenoxy) is 4. The van der Waals surface area contributed by atoms with E-state index in [1.807, 2.05) is 0 Å². The predicted molar refractivity (Wildman–Crippen MR) is 137 cm³/mol. The minimum absolute atomic E-state index is 0.144. The zero-order valence-corrected chi connectivity index (χ0v) is 22.4. The van der Waals surface area contributed by atoms with E-state index >= 15 is 0 Å². The fraction of sp³-hybridized carbons (Fsp3) is 0.500. The Morgan fingerprint density at radius 2 is 1.71 bits per heavy atom. The van der Waals surface area contributed by atoms with Gasteiger partial charge in [0, 0.05) is 36.7 Å². The minimum atomic E-state index is -1.04. The number of nitrogens with one attached hydrogen (secondary N) is 1. The maximum absolute atomic E-state index is 13.9. The molecule has 0 radical (unpaired) electrons. The van der Waals surface area contributed by atoms with E-state index < -0.39 is 35.8 Å². The van der Waals surface area contributed by atoms with Crippen LogP contribution in [0.25, 0.3) is 0 Å². The van der Waals surface area contributed by atoms with Gasteiger partial charge in [-0.25, -0.2) is 14.2 Å². The van der Waals surface area contributed by atoms with Crippen LogP contribution in [-0.4, -0.2) is 49.2 Å². The average Bonchev–Trinajstić information content (AvgIpc) is 2.89. The molecule has 1 saturated carbocycles. The highest BCUT2D eigenvalue weighted by atomic mass is 19.1. The quantitative estimate of drug-likeness (QED) is 0.444. The zero-order chi connectivity index (χ0) is 27.8. The molecule has 1 fully saturated rings. The number of pyridine rings is 1. The molecule has 1 aromatic heterocycles. The van der Waals surface area contributed by atoms with Crippen molar-refractivity contribution < 1.29 is 37.7 Å². The summed E-state index contributed by atoms with van der Waals surface area (Å²) in [6, 6.07) is 4.82. The first-order valence-corrected chi connectivity index (χ1v) is 12.7. The van der Waals surface area contributed by atoms with E-state index in [0.29, 0.717) is 5.75 Å². The van der Waals surface area contributed by atoms with Crippen molar-refractivity contribution in [1.29, 1.82) is 0 Å². The molecule has 10 heteroatoms. The Balaban J connectivity index is 1.78. The Kier molecular flexibility index (Phi) is 10.0. The van der Waals surface area contributed by atoms with Crippen molar-refractivity contribution in [2.45, 2.75) is 70.9 Å². The van der Waals surface area contributed by atoms with Crippen LogP contribution in [-0.2, 0) is 14.3 Å². The van der Waals surface area contributed by atoms with Crippen LogP contribution < -0.4 is 19.5 Å². The molecule has 0 bridgehead atoms. The second-order valence-corrected chi connectivity index (χ2v) is 9.43. The number of amides is 1. The maximum Gasteiger partial charge on any atom is 0.328 e. The van der Waals surface area contributed by atoms with E-state index in [0.717, 1.165) is 37.7 Å². The van der Waals surface area contributed by atoms with Crippen molar-refractivity contribution in [3.05, 3.63) is 47.5 Å². The molecule has 1 heterocycles. The molecule has 1 aliphatic rings. The van der Waals surface area contributed by atoms with Crippen LogP contribution in [0.3, 0.4) is 0 Å². The molecular formula is C28H35FN2O7. The van der Waals surface area contributed by atoms with Gasteiger partial charge in [-0.05, 0) is 38.7 Å². The Hall–Kier alpha value is -3.69. The Morgan fingerprint density at radius 3 is 2.34 bits per heavy atom. The second kappa shape index (κ2) is 13.2. The fourth-order valence-electron chi connectivity index (χ4n) is 5.02. The molecule has 9 nitrogen and oxygen atoms in total. The SMILES string of the molecule is COc1cc(F)ccc1[C@H](C1CCCCC1)[C@H](C)OC(=O)[C@H](C)NC(=O)c1nccc(OC)c1OC(C)=O. The summed E-state index contributed by atoms with van der Waals surface area (Å²) >= 11 is 0. The molecule has 3 rings (SSSR count). The standard InChI is InChI=1S/C28H35FN2O7/c1-16(31-27(33)25-26(38-18(3)32)22(35-4)13-14-30-25)28(34)37-17(2)24(19-9-7-6-8-10-19)21-12-11-20(29)15-23(21)36-5/h11-17,19,24H,6-10H2,1-5H3,(H,31,33)/t16-,17-,24-/m0/s1. The number of halogens is 1. The number of carbonyl (C=O) groups is 3. The molecule has 0 unspecified atom stereocenters. The summed E-state index contributed by atoms with van der Waals surface area (Å²) in [6.07, 6.45) is 5.95. The minimum Gasteiger partial charge on any atom is -0.496 e. The molecule has 38 heavy (non-hydrogen) atoms. The van der Waals surface area contributed by atoms with Gasteiger partial charge in [0.1, 0.15) is 23.7 Å². The second-order valence-electron chi connectivity index (χ2n) is 9.43. The van der Waals surface area contributed by atoms with Crippen LogP contribution in [0.5, 0.6) is 17.2 Å². The van der Waals surface area contributed by atoms with Gasteiger partial charge in [-0.2, -0.15) is 0 Å². The van der Waals surface area contributed by atoms with Crippen LogP contribution in [0.2, 0.25) is 0 Å². The van der Waals surface area contributed by atoms with Gasteiger partial charge in [-0.3, -0.25) is 9.59 Å². The van der Waals surface area contributed by atoms with Gasteiger partial charge in [0.15, 0.2) is 11.4 Å². The Labute approximate surface area is 222 Å². The van der Waals surface area contributed by atoms with Gasteiger partial charge < -0.3 is 24.3 Å². The van der Waals surface area contributed by atoms with Gasteiger partial charge in [-0.15, -0.1) is 0 Å². The van der Waals surface area contributed by atoms with Crippen LogP contribution >= 0.6 is 0 Å². The van der Waals surface area contributed by atoms with Crippen molar-refractivity contribution in [3.63, 3.8) is 0 Å². The molecule has 2 aromatic rings. The molecule has 0 saturated heterocycles. The zero-order valence-electron chi connectivity index (χ0n) is 22.4. The lowest BCUT2D eigenvalue weighted by atomic mass is 9.74. The number of aromatic nitrogens is 1. The molecule has 1 aliphatic carbocycles. The predicted octanol–water partition coefficient (Wildman–Crippen LogP) is 4.58. The highest BCUT2D eigenvalue weighted by Gasteiger charge is 2.35. The van der Waals surface area contributed by atoms with E-state index in [-0.39, 0.29) is 29.0 Å². The molecule has 1 aromatic carbocycles. The van der Waals surface area contributed by atoms with Crippen molar-refractivity contribution >= 4 is 17.8 Å². The number of hydrogen-bond acceptors (Lipinski definition) is 8. The molecule has 3 atom stereocenters. The van der Waals surface area contributed by atoms with Crippen LogP contribution in [0.1, 0.15) is 74.8 Å². The first kappa shape index (κ1) is 28.9. The lowest BCUT2D eigenvalue weighted by Crippen LogP contribution is -2.42. The smallest absolute Gasteiger partial charge is 0.328 e. The average molecular weight is 531 g/mol. The van der Waals surface area contributed by atoms with E-state index in [9.17, 15) is 18.8 Å². The molecule has 0 spiro atoms. The van der Waals surface area contributed by atoms with E-state index in [1.54, 1.807) is 13.0 Å². The van der Waals surface area contributed by atoms with Crippen LogP contribution in [0, 0.1) is 11.7 Å². The van der Waals surface area contributed by atoms with Crippen molar-refractivity contribution in [1.82, 2.24) is 10.3 Å². The largest absolute Gasteiger partial charge is 0.496 e. The normalized spacial score (nSPS) is 16.1.